The number of pyridine rings is 1. The zero-order valence-electron chi connectivity index (χ0n) is 14.3. The SMILES string of the molecule is Nc1[nH]c2sc3c(c2c(=O)c1-c1nc(-c2ccc(Cl)cc2)cs1)CCCC3. The lowest BCUT2D eigenvalue weighted by Gasteiger charge is -2.10. The predicted molar refractivity (Wildman–Crippen MR) is 115 cm³/mol. The number of nitrogens with zero attached hydrogens (tertiary/aromatic N) is 1. The molecule has 3 aromatic heterocycles. The molecule has 5 rings (SSSR count). The highest BCUT2D eigenvalue weighted by molar-refractivity contribution is 7.19. The number of rotatable bonds is 2. The van der Waals surface area contributed by atoms with E-state index in [0.29, 0.717) is 21.4 Å². The zero-order chi connectivity index (χ0) is 18.5. The van der Waals surface area contributed by atoms with Crippen molar-refractivity contribution >= 4 is 50.3 Å². The van der Waals surface area contributed by atoms with Crippen LogP contribution in [0.5, 0.6) is 0 Å². The average molecular weight is 414 g/mol. The lowest BCUT2D eigenvalue weighted by Crippen LogP contribution is -2.12. The Labute approximate surface area is 168 Å². The number of nitrogens with two attached hydrogens (primary N) is 1. The molecule has 1 aliphatic carbocycles. The van der Waals surface area contributed by atoms with Crippen molar-refractivity contribution in [2.75, 3.05) is 5.73 Å². The number of aromatic nitrogens is 2. The lowest BCUT2D eigenvalue weighted by molar-refractivity contribution is 0.700. The van der Waals surface area contributed by atoms with Crippen molar-refractivity contribution in [3.63, 3.8) is 0 Å². The van der Waals surface area contributed by atoms with E-state index >= 15 is 0 Å². The third-order valence-electron chi connectivity index (χ3n) is 5.00. The standard InChI is InChI=1S/C20H16ClN3OS2/c21-11-7-5-10(6-8-11)13-9-26-19(23-13)16-17(25)15-12-3-1-2-4-14(12)27-20(15)24-18(16)22/h5-9H,1-4H2,(H3,22,24,25). The van der Waals surface area contributed by atoms with E-state index in [1.165, 1.54) is 28.2 Å². The molecule has 0 aliphatic heterocycles. The topological polar surface area (TPSA) is 71.8 Å². The molecule has 0 saturated carbocycles. The molecule has 0 fully saturated rings. The summed E-state index contributed by atoms with van der Waals surface area (Å²) in [5, 5.41) is 4.09. The van der Waals surface area contributed by atoms with Crippen molar-refractivity contribution in [1.29, 1.82) is 0 Å². The van der Waals surface area contributed by atoms with E-state index < -0.39 is 0 Å². The minimum absolute atomic E-state index is 0.00217. The van der Waals surface area contributed by atoms with Gasteiger partial charge in [0.05, 0.1) is 16.6 Å². The third kappa shape index (κ3) is 2.79. The molecule has 1 aromatic carbocycles. The molecular formula is C20H16ClN3OS2. The summed E-state index contributed by atoms with van der Waals surface area (Å²) in [6, 6.07) is 7.52. The molecule has 3 heterocycles. The van der Waals surface area contributed by atoms with Gasteiger partial charge < -0.3 is 10.7 Å². The normalized spacial score (nSPS) is 13.8. The largest absolute Gasteiger partial charge is 0.385 e. The van der Waals surface area contributed by atoms with Crippen LogP contribution < -0.4 is 11.2 Å². The Morgan fingerprint density at radius 2 is 1.93 bits per heavy atom. The molecule has 4 aromatic rings. The maximum Gasteiger partial charge on any atom is 0.202 e. The van der Waals surface area contributed by atoms with Crippen LogP contribution in [-0.4, -0.2) is 9.97 Å². The summed E-state index contributed by atoms with van der Waals surface area (Å²) in [6.45, 7) is 0. The van der Waals surface area contributed by atoms with E-state index in [0.717, 1.165) is 40.7 Å². The first-order valence-corrected chi connectivity index (χ1v) is 10.9. The van der Waals surface area contributed by atoms with Crippen molar-refractivity contribution in [3.05, 3.63) is 55.3 Å². The smallest absolute Gasteiger partial charge is 0.202 e. The van der Waals surface area contributed by atoms with E-state index in [4.69, 9.17) is 17.3 Å². The zero-order valence-corrected chi connectivity index (χ0v) is 16.7. The first-order chi connectivity index (χ1) is 13.1. The number of benzene rings is 1. The van der Waals surface area contributed by atoms with Gasteiger partial charge in [0.15, 0.2) is 0 Å². The van der Waals surface area contributed by atoms with E-state index in [1.807, 2.05) is 29.6 Å². The molecule has 0 radical (unpaired) electrons. The number of thiazole rings is 1. The van der Waals surface area contributed by atoms with E-state index in [9.17, 15) is 4.79 Å². The van der Waals surface area contributed by atoms with Crippen LogP contribution in [0.15, 0.2) is 34.4 Å². The van der Waals surface area contributed by atoms with E-state index in [-0.39, 0.29) is 5.43 Å². The number of anilines is 1. The van der Waals surface area contributed by atoms with Crippen LogP contribution in [0.4, 0.5) is 5.82 Å². The number of halogens is 1. The number of hydrogen-bond donors (Lipinski definition) is 2. The molecular weight excluding hydrogens is 398 g/mol. The van der Waals surface area contributed by atoms with Crippen LogP contribution in [0.2, 0.25) is 5.02 Å². The second-order valence-electron chi connectivity index (χ2n) is 6.70. The Balaban J connectivity index is 1.67. The van der Waals surface area contributed by atoms with Gasteiger partial charge in [-0.2, -0.15) is 0 Å². The molecule has 0 unspecified atom stereocenters. The minimum Gasteiger partial charge on any atom is -0.385 e. The summed E-state index contributed by atoms with van der Waals surface area (Å²) >= 11 is 9.07. The molecule has 0 spiro atoms. The average Bonchev–Trinajstić information content (AvgIpc) is 3.27. The first-order valence-electron chi connectivity index (χ1n) is 8.79. The molecule has 3 N–H and O–H groups in total. The van der Waals surface area contributed by atoms with Crippen molar-refractivity contribution in [1.82, 2.24) is 9.97 Å². The molecule has 0 amide bonds. The number of aryl methyl sites for hydroxylation is 2. The van der Waals surface area contributed by atoms with Crippen LogP contribution in [0.25, 0.3) is 32.0 Å². The Bertz CT molecular complexity index is 1220. The van der Waals surface area contributed by atoms with Crippen molar-refractivity contribution in [2.24, 2.45) is 0 Å². The van der Waals surface area contributed by atoms with Crippen molar-refractivity contribution in [2.45, 2.75) is 25.7 Å². The summed E-state index contributed by atoms with van der Waals surface area (Å²) in [6.07, 6.45) is 4.34. The maximum atomic E-state index is 13.3. The van der Waals surface area contributed by atoms with Crippen molar-refractivity contribution in [3.8, 4) is 21.8 Å². The van der Waals surface area contributed by atoms with Gasteiger partial charge in [0, 0.05) is 20.8 Å². The highest BCUT2D eigenvalue weighted by atomic mass is 35.5. The number of nitrogen functional groups attached to an aromatic ring is 1. The van der Waals surface area contributed by atoms with Crippen LogP contribution in [-0.2, 0) is 12.8 Å². The van der Waals surface area contributed by atoms with Gasteiger partial charge in [-0.25, -0.2) is 4.98 Å². The van der Waals surface area contributed by atoms with Gasteiger partial charge in [0.1, 0.15) is 15.7 Å². The monoisotopic (exact) mass is 413 g/mol. The van der Waals surface area contributed by atoms with Gasteiger partial charge in [-0.15, -0.1) is 22.7 Å². The number of thiophene rings is 1. The van der Waals surface area contributed by atoms with Crippen molar-refractivity contribution < 1.29 is 0 Å². The van der Waals surface area contributed by atoms with Gasteiger partial charge in [0.25, 0.3) is 0 Å². The quantitative estimate of drug-likeness (QED) is 0.456. The summed E-state index contributed by atoms with van der Waals surface area (Å²) < 4.78 is 0. The highest BCUT2D eigenvalue weighted by Gasteiger charge is 2.23. The molecule has 1 aliphatic rings. The van der Waals surface area contributed by atoms with Crippen LogP contribution in [0.3, 0.4) is 0 Å². The summed E-state index contributed by atoms with van der Waals surface area (Å²) in [7, 11) is 0. The van der Waals surface area contributed by atoms with Gasteiger partial charge >= 0.3 is 0 Å². The fourth-order valence-corrected chi connectivity index (χ4v) is 5.99. The number of hydrogen-bond acceptors (Lipinski definition) is 5. The number of aromatic amines is 1. The first kappa shape index (κ1) is 17.0. The maximum absolute atomic E-state index is 13.3. The summed E-state index contributed by atoms with van der Waals surface area (Å²) in [5.74, 6) is 0.392. The molecule has 27 heavy (non-hydrogen) atoms. The molecule has 0 atom stereocenters. The summed E-state index contributed by atoms with van der Waals surface area (Å²) in [5.41, 5.74) is 9.72. The molecule has 4 nitrogen and oxygen atoms in total. The fraction of sp³-hybridized carbons (Fsp3) is 0.200. The second kappa shape index (κ2) is 6.48. The Morgan fingerprint density at radius 1 is 1.15 bits per heavy atom. The van der Waals surface area contributed by atoms with Crippen LogP contribution in [0.1, 0.15) is 23.3 Å². The Morgan fingerprint density at radius 3 is 2.74 bits per heavy atom. The molecule has 136 valence electrons. The Kier molecular flexibility index (Phi) is 4.07. The van der Waals surface area contributed by atoms with E-state index in [1.54, 1.807) is 11.3 Å². The summed E-state index contributed by atoms with van der Waals surface area (Å²) in [4.78, 5) is 23.5. The fourth-order valence-electron chi connectivity index (χ4n) is 3.68. The van der Waals surface area contributed by atoms with E-state index in [2.05, 4.69) is 9.97 Å². The van der Waals surface area contributed by atoms with Gasteiger partial charge in [0.2, 0.25) is 5.43 Å². The molecule has 7 heteroatoms. The number of fused-ring (bicyclic) bond motifs is 3. The Hall–Kier alpha value is -2.15. The molecule has 0 saturated heterocycles. The number of H-pyrrole nitrogens is 1. The lowest BCUT2D eigenvalue weighted by atomic mass is 9.96. The molecule has 0 bridgehead atoms. The minimum atomic E-state index is -0.00217. The van der Waals surface area contributed by atoms with Gasteiger partial charge in [-0.05, 0) is 43.4 Å². The highest BCUT2D eigenvalue weighted by Crippen LogP contribution is 2.37. The van der Waals surface area contributed by atoms with Crippen LogP contribution >= 0.6 is 34.3 Å². The second-order valence-corrected chi connectivity index (χ2v) is 9.10. The van der Waals surface area contributed by atoms with Gasteiger partial charge in [-0.1, -0.05) is 23.7 Å². The predicted octanol–water partition coefficient (Wildman–Crippen LogP) is 5.49. The third-order valence-corrected chi connectivity index (χ3v) is 7.32. The van der Waals surface area contributed by atoms with Gasteiger partial charge in [-0.3, -0.25) is 4.79 Å². The van der Waals surface area contributed by atoms with Crippen LogP contribution in [0, 0.1) is 0 Å². The number of nitrogens with one attached hydrogen (secondary N) is 1.